The molecule has 0 aliphatic heterocycles. The third kappa shape index (κ3) is 5.17. The molecule has 27 heavy (non-hydrogen) atoms. The minimum absolute atomic E-state index is 0.179. The highest BCUT2D eigenvalue weighted by molar-refractivity contribution is 5.43. The maximum absolute atomic E-state index is 11.0. The quantitative estimate of drug-likeness (QED) is 0.560. The molecular weight excluding hydrogens is 346 g/mol. The van der Waals surface area contributed by atoms with Crippen molar-refractivity contribution in [2.24, 2.45) is 0 Å². The number of hydrogen-bond acceptors (Lipinski definition) is 5. The van der Waals surface area contributed by atoms with Crippen LogP contribution in [0.3, 0.4) is 0 Å². The molecule has 2 aromatic carbocycles. The van der Waals surface area contributed by atoms with Crippen LogP contribution in [0.2, 0.25) is 0 Å². The van der Waals surface area contributed by atoms with Crippen LogP contribution in [0, 0.1) is 0 Å². The fraction of sp³-hybridized carbons (Fsp3) is 0.286. The lowest BCUT2D eigenvalue weighted by molar-refractivity contribution is 0.284. The van der Waals surface area contributed by atoms with E-state index in [2.05, 4.69) is 4.98 Å². The topological polar surface area (TPSA) is 84.7 Å². The zero-order valence-corrected chi connectivity index (χ0v) is 15.2. The third-order valence-corrected chi connectivity index (χ3v) is 4.28. The molecule has 6 nitrogen and oxygen atoms in total. The minimum atomic E-state index is -0.627. The summed E-state index contributed by atoms with van der Waals surface area (Å²) in [5, 5.41) is 9.50. The van der Waals surface area contributed by atoms with Crippen LogP contribution in [-0.2, 0) is 19.4 Å². The highest BCUT2D eigenvalue weighted by Crippen LogP contribution is 2.29. The fourth-order valence-corrected chi connectivity index (χ4v) is 2.86. The van der Waals surface area contributed by atoms with Crippen molar-refractivity contribution >= 4 is 0 Å². The SMILES string of the molecule is COc1cc(CCCCc2oc(=O)[nH]c2O)ccc1OCc1ccccc1. The van der Waals surface area contributed by atoms with E-state index in [9.17, 15) is 9.90 Å². The summed E-state index contributed by atoms with van der Waals surface area (Å²) in [5.74, 6) is 0.920. The second-order valence-electron chi connectivity index (χ2n) is 6.25. The molecule has 0 radical (unpaired) electrons. The Morgan fingerprint density at radius 1 is 1.00 bits per heavy atom. The average molecular weight is 369 g/mol. The van der Waals surface area contributed by atoms with Crippen molar-refractivity contribution < 1.29 is 19.0 Å². The Bertz CT molecular complexity index is 914. The van der Waals surface area contributed by atoms with Gasteiger partial charge in [0.15, 0.2) is 17.3 Å². The number of aryl methyl sites for hydroxylation is 2. The number of aromatic nitrogens is 1. The number of ether oxygens (including phenoxy) is 2. The lowest BCUT2D eigenvalue weighted by Crippen LogP contribution is -1.98. The Labute approximate surface area is 157 Å². The van der Waals surface area contributed by atoms with Crippen molar-refractivity contribution in [1.82, 2.24) is 4.98 Å². The van der Waals surface area contributed by atoms with Crippen LogP contribution in [0.25, 0.3) is 0 Å². The molecule has 0 amide bonds. The Morgan fingerprint density at radius 3 is 2.48 bits per heavy atom. The van der Waals surface area contributed by atoms with Gasteiger partial charge in [-0.1, -0.05) is 36.4 Å². The number of nitrogens with one attached hydrogen (secondary N) is 1. The summed E-state index contributed by atoms with van der Waals surface area (Å²) in [6, 6.07) is 15.9. The summed E-state index contributed by atoms with van der Waals surface area (Å²) in [5.41, 5.74) is 2.24. The van der Waals surface area contributed by atoms with Gasteiger partial charge in [0.2, 0.25) is 5.88 Å². The van der Waals surface area contributed by atoms with E-state index in [1.54, 1.807) is 7.11 Å². The molecule has 0 saturated heterocycles. The second-order valence-corrected chi connectivity index (χ2v) is 6.25. The molecule has 1 aromatic heterocycles. The van der Waals surface area contributed by atoms with Crippen LogP contribution in [0.15, 0.2) is 57.7 Å². The predicted octanol–water partition coefficient (Wildman–Crippen LogP) is 3.83. The maximum atomic E-state index is 11.0. The molecule has 6 heteroatoms. The molecular formula is C21H23NO5. The van der Waals surface area contributed by atoms with E-state index in [1.807, 2.05) is 48.5 Å². The number of oxazole rings is 1. The Balaban J connectivity index is 1.52. The highest BCUT2D eigenvalue weighted by Gasteiger charge is 2.09. The van der Waals surface area contributed by atoms with Crippen LogP contribution in [0.4, 0.5) is 0 Å². The molecule has 3 rings (SSSR count). The van der Waals surface area contributed by atoms with Crippen molar-refractivity contribution in [3.8, 4) is 17.4 Å². The van der Waals surface area contributed by atoms with E-state index in [0.717, 1.165) is 30.4 Å². The number of hydrogen-bond donors (Lipinski definition) is 2. The zero-order valence-electron chi connectivity index (χ0n) is 15.2. The molecule has 0 fully saturated rings. The van der Waals surface area contributed by atoms with Gasteiger partial charge in [-0.25, -0.2) is 4.79 Å². The molecule has 2 N–H and O–H groups in total. The van der Waals surface area contributed by atoms with Crippen LogP contribution >= 0.6 is 0 Å². The number of H-pyrrole nitrogens is 1. The van der Waals surface area contributed by atoms with E-state index in [0.29, 0.717) is 30.3 Å². The average Bonchev–Trinajstić information content (AvgIpc) is 3.01. The van der Waals surface area contributed by atoms with Gasteiger partial charge in [-0.05, 0) is 42.5 Å². The molecule has 3 aromatic rings. The van der Waals surface area contributed by atoms with E-state index < -0.39 is 5.76 Å². The molecule has 1 heterocycles. The van der Waals surface area contributed by atoms with Gasteiger partial charge in [-0.15, -0.1) is 0 Å². The lowest BCUT2D eigenvalue weighted by atomic mass is 10.1. The van der Waals surface area contributed by atoms with Gasteiger partial charge in [0.05, 0.1) is 7.11 Å². The normalized spacial score (nSPS) is 10.7. The number of benzene rings is 2. The van der Waals surface area contributed by atoms with Gasteiger partial charge in [-0.2, -0.15) is 0 Å². The smallest absolute Gasteiger partial charge is 0.419 e. The molecule has 0 unspecified atom stereocenters. The molecule has 0 saturated carbocycles. The summed E-state index contributed by atoms with van der Waals surface area (Å²) < 4.78 is 16.2. The van der Waals surface area contributed by atoms with E-state index in [1.165, 1.54) is 0 Å². The third-order valence-electron chi connectivity index (χ3n) is 4.28. The highest BCUT2D eigenvalue weighted by atomic mass is 16.5. The molecule has 0 bridgehead atoms. The number of methoxy groups -OCH3 is 1. The first kappa shape index (κ1) is 18.6. The molecule has 0 aliphatic carbocycles. The van der Waals surface area contributed by atoms with E-state index in [-0.39, 0.29) is 5.88 Å². The number of unbranched alkanes of at least 4 members (excludes halogenated alkanes) is 1. The Hall–Kier alpha value is -3.15. The van der Waals surface area contributed by atoms with Crippen LogP contribution in [-0.4, -0.2) is 17.2 Å². The van der Waals surface area contributed by atoms with Crippen molar-refractivity contribution in [3.05, 3.63) is 76.0 Å². The van der Waals surface area contributed by atoms with Crippen molar-refractivity contribution in [2.75, 3.05) is 7.11 Å². The first-order chi connectivity index (χ1) is 13.2. The van der Waals surface area contributed by atoms with E-state index >= 15 is 0 Å². The largest absolute Gasteiger partial charge is 0.493 e. The van der Waals surface area contributed by atoms with Gasteiger partial charge in [0.1, 0.15) is 6.61 Å². The fourth-order valence-electron chi connectivity index (χ4n) is 2.86. The Kier molecular flexibility index (Phi) is 6.20. The first-order valence-electron chi connectivity index (χ1n) is 8.90. The predicted molar refractivity (Wildman–Crippen MR) is 101 cm³/mol. The summed E-state index contributed by atoms with van der Waals surface area (Å²) in [6.45, 7) is 0.488. The molecule has 0 aliphatic rings. The van der Waals surface area contributed by atoms with Gasteiger partial charge in [0, 0.05) is 6.42 Å². The van der Waals surface area contributed by atoms with Crippen molar-refractivity contribution in [3.63, 3.8) is 0 Å². The minimum Gasteiger partial charge on any atom is -0.493 e. The van der Waals surface area contributed by atoms with E-state index in [4.69, 9.17) is 13.9 Å². The van der Waals surface area contributed by atoms with Crippen LogP contribution in [0.5, 0.6) is 17.4 Å². The first-order valence-corrected chi connectivity index (χ1v) is 8.90. The lowest BCUT2D eigenvalue weighted by Gasteiger charge is -2.12. The van der Waals surface area contributed by atoms with Crippen molar-refractivity contribution in [2.45, 2.75) is 32.3 Å². The van der Waals surface area contributed by atoms with Gasteiger partial charge < -0.3 is 19.0 Å². The maximum Gasteiger partial charge on any atom is 0.419 e. The summed E-state index contributed by atoms with van der Waals surface area (Å²) in [4.78, 5) is 13.2. The van der Waals surface area contributed by atoms with Crippen LogP contribution in [0.1, 0.15) is 29.7 Å². The zero-order chi connectivity index (χ0) is 19.1. The van der Waals surface area contributed by atoms with Gasteiger partial charge >= 0.3 is 5.76 Å². The monoisotopic (exact) mass is 369 g/mol. The standard InChI is InChI=1S/C21H23NO5/c1-25-19-13-15(7-5-6-10-18-20(23)22-21(24)27-18)11-12-17(19)26-14-16-8-3-2-4-9-16/h2-4,8-9,11-13,23H,5-7,10,14H2,1H3,(H,22,24). The van der Waals surface area contributed by atoms with Gasteiger partial charge in [0.25, 0.3) is 0 Å². The molecule has 142 valence electrons. The summed E-state index contributed by atoms with van der Waals surface area (Å²) in [7, 11) is 1.63. The number of aromatic amines is 1. The summed E-state index contributed by atoms with van der Waals surface area (Å²) in [6.07, 6.45) is 3.05. The van der Waals surface area contributed by atoms with Crippen molar-refractivity contribution in [1.29, 1.82) is 0 Å². The number of rotatable bonds is 9. The van der Waals surface area contributed by atoms with Gasteiger partial charge in [-0.3, -0.25) is 4.98 Å². The second kappa shape index (κ2) is 8.98. The molecule has 0 atom stereocenters. The number of aromatic hydroxyl groups is 1. The Morgan fingerprint density at radius 2 is 1.78 bits per heavy atom. The van der Waals surface area contributed by atoms with Crippen LogP contribution < -0.4 is 15.2 Å². The molecule has 0 spiro atoms. The summed E-state index contributed by atoms with van der Waals surface area (Å²) >= 11 is 0.